The highest BCUT2D eigenvalue weighted by Crippen LogP contribution is 2.35. The number of rotatable bonds is 3. The summed E-state index contributed by atoms with van der Waals surface area (Å²) in [6, 6.07) is 5.22. The third kappa shape index (κ3) is 1.75. The van der Waals surface area contributed by atoms with Gasteiger partial charge in [0, 0.05) is 0 Å². The highest BCUT2D eigenvalue weighted by atomic mass is 16.5. The summed E-state index contributed by atoms with van der Waals surface area (Å²) in [5.74, 6) is 1.01. The summed E-state index contributed by atoms with van der Waals surface area (Å²) in [6.07, 6.45) is 0. The second-order valence-corrected chi connectivity index (χ2v) is 4.09. The average Bonchev–Trinajstić information content (AvgIpc) is 2.63. The third-order valence-electron chi connectivity index (χ3n) is 2.97. The topological polar surface area (TPSA) is 85.9 Å². The number of carbonyl (C=O) groups is 1. The number of hydrogen-bond donors (Lipinski definition) is 2. The lowest BCUT2D eigenvalue weighted by Gasteiger charge is -2.19. The van der Waals surface area contributed by atoms with Crippen LogP contribution in [0.2, 0.25) is 0 Å². The second kappa shape index (κ2) is 4.21. The van der Waals surface area contributed by atoms with E-state index in [1.54, 1.807) is 32.2 Å². The Morgan fingerprint density at radius 3 is 2.44 bits per heavy atom. The van der Waals surface area contributed by atoms with E-state index in [9.17, 15) is 4.79 Å². The molecule has 0 aromatic heterocycles. The Kier molecular flexibility index (Phi) is 2.86. The fourth-order valence-electron chi connectivity index (χ4n) is 1.89. The van der Waals surface area contributed by atoms with Crippen molar-refractivity contribution in [3.05, 3.63) is 23.8 Å². The Morgan fingerprint density at radius 2 is 1.94 bits per heavy atom. The van der Waals surface area contributed by atoms with Crippen molar-refractivity contribution in [3.63, 3.8) is 0 Å². The van der Waals surface area contributed by atoms with Crippen molar-refractivity contribution in [2.75, 3.05) is 14.2 Å². The van der Waals surface area contributed by atoms with Crippen LogP contribution in [0.15, 0.2) is 23.2 Å². The first kappa shape index (κ1) is 12.2. The summed E-state index contributed by atoms with van der Waals surface area (Å²) in [6.45, 7) is 1.70. The molecule has 3 N–H and O–H groups in total. The molecule has 0 spiro atoms. The number of ether oxygens (including phenoxy) is 2. The van der Waals surface area contributed by atoms with E-state index in [0.29, 0.717) is 17.1 Å². The normalized spacial score (nSPS) is 22.4. The molecule has 96 valence electrons. The Hall–Kier alpha value is -2.24. The van der Waals surface area contributed by atoms with Crippen LogP contribution in [0.4, 0.5) is 0 Å². The second-order valence-electron chi connectivity index (χ2n) is 4.09. The molecule has 1 aliphatic heterocycles. The van der Waals surface area contributed by atoms with Crippen molar-refractivity contribution in [1.82, 2.24) is 5.32 Å². The number of hydrogen-bond acceptors (Lipinski definition) is 5. The predicted molar refractivity (Wildman–Crippen MR) is 66.7 cm³/mol. The maximum Gasteiger partial charge on any atom is 0.259 e. The lowest BCUT2D eigenvalue weighted by atomic mass is 9.92. The molecule has 1 unspecified atom stereocenters. The number of carbonyl (C=O) groups excluding carboxylic acids is 1. The molecule has 6 heteroatoms. The van der Waals surface area contributed by atoms with E-state index in [0.717, 1.165) is 0 Å². The van der Waals surface area contributed by atoms with Crippen LogP contribution in [0.3, 0.4) is 0 Å². The van der Waals surface area contributed by atoms with Crippen molar-refractivity contribution in [2.45, 2.75) is 12.5 Å². The van der Waals surface area contributed by atoms with E-state index in [1.165, 1.54) is 7.11 Å². The molecule has 0 aliphatic carbocycles. The lowest BCUT2D eigenvalue weighted by molar-refractivity contribution is -0.123. The zero-order valence-electron chi connectivity index (χ0n) is 10.5. The molecule has 0 saturated heterocycles. The van der Waals surface area contributed by atoms with Gasteiger partial charge >= 0.3 is 0 Å². The highest BCUT2D eigenvalue weighted by Gasteiger charge is 2.40. The van der Waals surface area contributed by atoms with Crippen LogP contribution in [0, 0.1) is 0 Å². The molecule has 2 rings (SSSR count). The predicted octanol–water partition coefficient (Wildman–Crippen LogP) is 0.363. The Bertz CT molecular complexity index is 527. The van der Waals surface area contributed by atoms with Crippen LogP contribution < -0.4 is 20.5 Å². The van der Waals surface area contributed by atoms with Crippen molar-refractivity contribution in [1.29, 1.82) is 0 Å². The largest absolute Gasteiger partial charge is 0.493 e. The first-order valence-electron chi connectivity index (χ1n) is 5.40. The van der Waals surface area contributed by atoms with Crippen molar-refractivity contribution < 1.29 is 14.3 Å². The molecule has 1 aliphatic rings. The van der Waals surface area contributed by atoms with Gasteiger partial charge in [-0.15, -0.1) is 0 Å². The molecule has 6 nitrogen and oxygen atoms in total. The Morgan fingerprint density at radius 1 is 1.28 bits per heavy atom. The first-order chi connectivity index (χ1) is 8.51. The molecule has 0 saturated carbocycles. The van der Waals surface area contributed by atoms with Gasteiger partial charge in [0.15, 0.2) is 23.0 Å². The summed E-state index contributed by atoms with van der Waals surface area (Å²) in [5.41, 5.74) is 5.20. The summed E-state index contributed by atoms with van der Waals surface area (Å²) < 4.78 is 10.4. The zero-order chi connectivity index (χ0) is 13.3. The van der Waals surface area contributed by atoms with Gasteiger partial charge in [-0.1, -0.05) is 6.07 Å². The van der Waals surface area contributed by atoms with E-state index in [4.69, 9.17) is 15.2 Å². The van der Waals surface area contributed by atoms with Gasteiger partial charge in [0.25, 0.3) is 5.91 Å². The molecule has 0 bridgehead atoms. The van der Waals surface area contributed by atoms with Gasteiger partial charge in [0.1, 0.15) is 0 Å². The summed E-state index contributed by atoms with van der Waals surface area (Å²) >= 11 is 0. The van der Waals surface area contributed by atoms with Crippen LogP contribution >= 0.6 is 0 Å². The molecule has 1 aromatic carbocycles. The van der Waals surface area contributed by atoms with Gasteiger partial charge in [-0.05, 0) is 24.6 Å². The van der Waals surface area contributed by atoms with E-state index < -0.39 is 5.54 Å². The first-order valence-corrected chi connectivity index (χ1v) is 5.40. The molecule has 0 radical (unpaired) electrons. The highest BCUT2D eigenvalue weighted by molar-refractivity contribution is 6.06. The number of methoxy groups -OCH3 is 2. The third-order valence-corrected chi connectivity index (χ3v) is 2.97. The standard InChI is InChI=1S/C12H15N3O3/c1-12(10(16)14-11(13)15-12)7-4-5-8(17-2)9(6-7)18-3/h4-6H,1-3H3,(H3,13,14,15,16). The molecular weight excluding hydrogens is 234 g/mol. The number of nitrogens with zero attached hydrogens (tertiary/aromatic N) is 1. The fourth-order valence-corrected chi connectivity index (χ4v) is 1.89. The molecule has 18 heavy (non-hydrogen) atoms. The van der Waals surface area contributed by atoms with Gasteiger partial charge in [-0.2, -0.15) is 0 Å². The van der Waals surface area contributed by atoms with E-state index >= 15 is 0 Å². The van der Waals surface area contributed by atoms with Crippen LogP contribution in [0.5, 0.6) is 11.5 Å². The monoisotopic (exact) mass is 249 g/mol. The van der Waals surface area contributed by atoms with Gasteiger partial charge < -0.3 is 15.2 Å². The molecular formula is C12H15N3O3. The minimum atomic E-state index is -1.02. The number of amides is 1. The lowest BCUT2D eigenvalue weighted by Crippen LogP contribution is -2.37. The van der Waals surface area contributed by atoms with Gasteiger partial charge in [-0.25, -0.2) is 4.99 Å². The number of nitrogens with two attached hydrogens (primary N) is 1. The minimum Gasteiger partial charge on any atom is -0.493 e. The summed E-state index contributed by atoms with van der Waals surface area (Å²) in [4.78, 5) is 16.0. The van der Waals surface area contributed by atoms with Crippen LogP contribution in [-0.4, -0.2) is 26.1 Å². The molecule has 1 atom stereocenters. The van der Waals surface area contributed by atoms with Crippen molar-refractivity contribution in [2.24, 2.45) is 10.7 Å². The van der Waals surface area contributed by atoms with Crippen LogP contribution in [-0.2, 0) is 10.3 Å². The molecule has 0 fully saturated rings. The molecule has 1 amide bonds. The number of guanidine groups is 1. The smallest absolute Gasteiger partial charge is 0.259 e. The number of aliphatic imine (C=N–C) groups is 1. The summed E-state index contributed by atoms with van der Waals surface area (Å²) in [5, 5.41) is 2.49. The zero-order valence-corrected chi connectivity index (χ0v) is 10.5. The Balaban J connectivity index is 2.49. The fraction of sp³-hybridized carbons (Fsp3) is 0.333. The van der Waals surface area contributed by atoms with Crippen LogP contribution in [0.1, 0.15) is 12.5 Å². The molecule has 1 heterocycles. The van der Waals surface area contributed by atoms with Gasteiger partial charge in [-0.3, -0.25) is 10.1 Å². The van der Waals surface area contributed by atoms with E-state index in [1.807, 2.05) is 0 Å². The minimum absolute atomic E-state index is 0.122. The van der Waals surface area contributed by atoms with Crippen molar-refractivity contribution >= 4 is 11.9 Å². The van der Waals surface area contributed by atoms with Gasteiger partial charge in [0.2, 0.25) is 0 Å². The number of benzene rings is 1. The van der Waals surface area contributed by atoms with Gasteiger partial charge in [0.05, 0.1) is 14.2 Å². The quantitative estimate of drug-likeness (QED) is 0.810. The maximum absolute atomic E-state index is 11.9. The molecule has 1 aromatic rings. The Labute approximate surface area is 105 Å². The van der Waals surface area contributed by atoms with Crippen LogP contribution in [0.25, 0.3) is 0 Å². The summed E-state index contributed by atoms with van der Waals surface area (Å²) in [7, 11) is 3.09. The van der Waals surface area contributed by atoms with E-state index in [2.05, 4.69) is 10.3 Å². The average molecular weight is 249 g/mol. The van der Waals surface area contributed by atoms with Crippen molar-refractivity contribution in [3.8, 4) is 11.5 Å². The number of nitrogens with one attached hydrogen (secondary N) is 1. The SMILES string of the molecule is COc1ccc(C2(C)N=C(N)NC2=O)cc1OC. The van der Waals surface area contributed by atoms with E-state index in [-0.39, 0.29) is 11.9 Å². The maximum atomic E-state index is 11.9.